The lowest BCUT2D eigenvalue weighted by Gasteiger charge is -1.99. The highest BCUT2D eigenvalue weighted by Gasteiger charge is 1.91. The molecule has 38 valence electrons. The van der Waals surface area contributed by atoms with E-state index in [1.807, 2.05) is 0 Å². The van der Waals surface area contributed by atoms with Gasteiger partial charge >= 0.3 is 0 Å². The SMILES string of the molecule is CC[SiH](C)O[SiH3]. The summed E-state index contributed by atoms with van der Waals surface area (Å²) in [6.45, 7) is 4.42. The molecule has 1 nitrogen and oxygen atoms in total. The molecule has 0 aliphatic heterocycles. The maximum Gasteiger partial charge on any atom is 0.158 e. The second-order valence-electron chi connectivity index (χ2n) is 1.45. The molecule has 0 aromatic rings. The van der Waals surface area contributed by atoms with Crippen molar-refractivity contribution in [2.45, 2.75) is 19.5 Å². The Labute approximate surface area is 44.0 Å². The number of hydrogen-bond donors (Lipinski definition) is 0. The van der Waals surface area contributed by atoms with Gasteiger partial charge in [-0.05, 0) is 12.6 Å². The Morgan fingerprint density at radius 3 is 2.33 bits per heavy atom. The molecule has 0 fully saturated rings. The van der Waals surface area contributed by atoms with Gasteiger partial charge < -0.3 is 4.12 Å². The topological polar surface area (TPSA) is 9.23 Å². The maximum atomic E-state index is 5.18. The number of rotatable bonds is 2. The predicted molar refractivity (Wildman–Crippen MR) is 34.5 cm³/mol. The fraction of sp³-hybridized carbons (Fsp3) is 1.00. The first kappa shape index (κ1) is 6.39. The summed E-state index contributed by atoms with van der Waals surface area (Å²) in [5.74, 6) is 0. The van der Waals surface area contributed by atoms with Gasteiger partial charge in [-0.1, -0.05) is 6.92 Å². The maximum absolute atomic E-state index is 5.18. The molecule has 0 heterocycles. The molecule has 1 atom stereocenters. The predicted octanol–water partition coefficient (Wildman–Crippen LogP) is -0.343. The quantitative estimate of drug-likeness (QED) is 0.453. The molecule has 0 aliphatic rings. The van der Waals surface area contributed by atoms with Crippen LogP contribution < -0.4 is 0 Å². The van der Waals surface area contributed by atoms with Crippen molar-refractivity contribution in [3.63, 3.8) is 0 Å². The van der Waals surface area contributed by atoms with Gasteiger partial charge in [0.2, 0.25) is 0 Å². The molecule has 0 N–H and O–H groups in total. The standard InChI is InChI=1S/C3H12OSi2/c1-3-6(2)4-5/h6H,3H2,1-2,5H3. The van der Waals surface area contributed by atoms with Crippen LogP contribution >= 0.6 is 0 Å². The molecule has 6 heavy (non-hydrogen) atoms. The van der Waals surface area contributed by atoms with Crippen molar-refractivity contribution in [3.05, 3.63) is 0 Å². The molecule has 0 aromatic heterocycles. The fourth-order valence-electron chi connectivity index (χ4n) is 0.167. The molecule has 1 unspecified atom stereocenters. The van der Waals surface area contributed by atoms with Crippen LogP contribution in [0.2, 0.25) is 12.6 Å². The first-order valence-electron chi connectivity index (χ1n) is 2.34. The third kappa shape index (κ3) is 2.62. The van der Waals surface area contributed by atoms with E-state index in [0.29, 0.717) is 0 Å². The highest BCUT2D eigenvalue weighted by molar-refractivity contribution is 6.53. The van der Waals surface area contributed by atoms with E-state index in [-0.39, 0.29) is 0 Å². The zero-order chi connectivity index (χ0) is 4.99. The summed E-state index contributed by atoms with van der Waals surface area (Å²) in [7, 11) is 0.345. The van der Waals surface area contributed by atoms with Crippen LogP contribution in [0.1, 0.15) is 6.92 Å². The largest absolute Gasteiger partial charge is 0.466 e. The minimum absolute atomic E-state index is 0.599. The molecule has 0 bridgehead atoms. The summed E-state index contributed by atoms with van der Waals surface area (Å²) in [4.78, 5) is 0. The Bertz CT molecular complexity index is 28.0. The highest BCUT2D eigenvalue weighted by Crippen LogP contribution is 1.86. The summed E-state index contributed by atoms with van der Waals surface area (Å²) < 4.78 is 5.18. The van der Waals surface area contributed by atoms with Crippen molar-refractivity contribution < 1.29 is 4.12 Å². The average Bonchev–Trinajstić information content (AvgIpc) is 1.65. The molecule has 0 aliphatic carbocycles. The fourth-order valence-corrected chi connectivity index (χ4v) is 1.50. The van der Waals surface area contributed by atoms with Gasteiger partial charge in [-0.3, -0.25) is 0 Å². The van der Waals surface area contributed by atoms with Crippen LogP contribution in [0.5, 0.6) is 0 Å². The molecule has 0 spiro atoms. The number of hydrogen-bond acceptors (Lipinski definition) is 1. The summed E-state index contributed by atoms with van der Waals surface area (Å²) in [5.41, 5.74) is 0. The normalized spacial score (nSPS) is 15.0. The Morgan fingerprint density at radius 1 is 1.83 bits per heavy atom. The van der Waals surface area contributed by atoms with E-state index in [9.17, 15) is 0 Å². The van der Waals surface area contributed by atoms with Crippen LogP contribution in [0.15, 0.2) is 0 Å². The Hall–Kier alpha value is 0.394. The zero-order valence-electron chi connectivity index (χ0n) is 4.69. The van der Waals surface area contributed by atoms with E-state index in [0.717, 1.165) is 10.5 Å². The van der Waals surface area contributed by atoms with Crippen molar-refractivity contribution in [3.8, 4) is 0 Å². The molecule has 3 heteroatoms. The van der Waals surface area contributed by atoms with Crippen LogP contribution in [0.4, 0.5) is 0 Å². The van der Waals surface area contributed by atoms with Crippen LogP contribution in [-0.4, -0.2) is 19.5 Å². The first-order valence-corrected chi connectivity index (χ1v) is 5.60. The zero-order valence-corrected chi connectivity index (χ0v) is 7.85. The van der Waals surface area contributed by atoms with Gasteiger partial charge in [-0.25, -0.2) is 0 Å². The summed E-state index contributed by atoms with van der Waals surface area (Å²) in [6, 6.07) is 1.28. The third-order valence-corrected chi connectivity index (χ3v) is 5.35. The summed E-state index contributed by atoms with van der Waals surface area (Å²) in [5, 5.41) is 0. The minimum Gasteiger partial charge on any atom is -0.466 e. The lowest BCUT2D eigenvalue weighted by Crippen LogP contribution is -2.07. The van der Waals surface area contributed by atoms with Crippen LogP contribution in [0.25, 0.3) is 0 Å². The van der Waals surface area contributed by atoms with Crippen LogP contribution in [0.3, 0.4) is 0 Å². The van der Waals surface area contributed by atoms with Crippen molar-refractivity contribution in [1.29, 1.82) is 0 Å². The summed E-state index contributed by atoms with van der Waals surface area (Å²) >= 11 is 0. The van der Waals surface area contributed by atoms with Crippen molar-refractivity contribution in [2.75, 3.05) is 0 Å². The molecule has 0 aromatic carbocycles. The smallest absolute Gasteiger partial charge is 0.158 e. The van der Waals surface area contributed by atoms with E-state index < -0.39 is 9.04 Å². The van der Waals surface area contributed by atoms with Crippen LogP contribution in [-0.2, 0) is 4.12 Å². The van der Waals surface area contributed by atoms with E-state index >= 15 is 0 Å². The lowest BCUT2D eigenvalue weighted by molar-refractivity contribution is 0.638. The molecular weight excluding hydrogens is 108 g/mol. The highest BCUT2D eigenvalue weighted by atomic mass is 28.3. The second-order valence-corrected chi connectivity index (χ2v) is 5.78. The van der Waals surface area contributed by atoms with E-state index in [2.05, 4.69) is 13.5 Å². The second kappa shape index (κ2) is 3.58. The lowest BCUT2D eigenvalue weighted by atomic mass is 11.0. The molecule has 0 amide bonds. The monoisotopic (exact) mass is 120 g/mol. The van der Waals surface area contributed by atoms with Gasteiger partial charge in [-0.15, -0.1) is 0 Å². The van der Waals surface area contributed by atoms with Gasteiger partial charge in [0.05, 0.1) is 0 Å². The van der Waals surface area contributed by atoms with Gasteiger partial charge in [0, 0.05) is 0 Å². The minimum atomic E-state index is -0.599. The molecule has 0 saturated carbocycles. The summed E-state index contributed by atoms with van der Waals surface area (Å²) in [6.07, 6.45) is 0. The van der Waals surface area contributed by atoms with Crippen LogP contribution in [0, 0.1) is 0 Å². The molecule has 0 radical (unpaired) electrons. The van der Waals surface area contributed by atoms with E-state index in [1.54, 1.807) is 0 Å². The van der Waals surface area contributed by atoms with Gasteiger partial charge in [0.15, 0.2) is 9.04 Å². The van der Waals surface area contributed by atoms with E-state index in [1.165, 1.54) is 6.04 Å². The Kier molecular flexibility index (Phi) is 3.81. The Morgan fingerprint density at radius 2 is 2.33 bits per heavy atom. The Balaban J connectivity index is 2.75. The third-order valence-electron chi connectivity index (χ3n) is 0.977. The van der Waals surface area contributed by atoms with Crippen molar-refractivity contribution >= 4 is 19.5 Å². The molecule has 0 rings (SSSR count). The average molecular weight is 120 g/mol. The van der Waals surface area contributed by atoms with Gasteiger partial charge in [-0.2, -0.15) is 0 Å². The molecule has 0 saturated heterocycles. The van der Waals surface area contributed by atoms with Crippen molar-refractivity contribution in [2.24, 2.45) is 0 Å². The molecular formula is C3H12OSi2. The van der Waals surface area contributed by atoms with Crippen molar-refractivity contribution in [1.82, 2.24) is 0 Å². The van der Waals surface area contributed by atoms with E-state index in [4.69, 9.17) is 4.12 Å². The van der Waals surface area contributed by atoms with Gasteiger partial charge in [0.1, 0.15) is 10.5 Å². The first-order chi connectivity index (χ1) is 2.81. The van der Waals surface area contributed by atoms with Gasteiger partial charge in [0.25, 0.3) is 0 Å².